The van der Waals surface area contributed by atoms with Crippen molar-refractivity contribution in [2.24, 2.45) is 13.0 Å². The molecule has 0 spiro atoms. The van der Waals surface area contributed by atoms with Gasteiger partial charge in [-0.25, -0.2) is 9.97 Å². The SMILES string of the molecule is CNC1CCC(Nc2nccc(-c3cnn(C)c3CC3CC3)n2)CC1. The molecular weight excluding hydrogens is 312 g/mol. The van der Waals surface area contributed by atoms with Crippen molar-refractivity contribution in [3.8, 4) is 11.3 Å². The molecule has 6 heteroatoms. The van der Waals surface area contributed by atoms with Crippen molar-refractivity contribution in [2.45, 2.75) is 57.0 Å². The molecule has 2 saturated carbocycles. The van der Waals surface area contributed by atoms with Crippen LogP contribution in [-0.4, -0.2) is 38.9 Å². The Morgan fingerprint density at radius 1 is 1.12 bits per heavy atom. The van der Waals surface area contributed by atoms with Gasteiger partial charge in [0.1, 0.15) is 0 Å². The third kappa shape index (κ3) is 3.84. The van der Waals surface area contributed by atoms with Crippen LogP contribution in [0.3, 0.4) is 0 Å². The first-order valence-corrected chi connectivity index (χ1v) is 9.51. The van der Waals surface area contributed by atoms with Crippen molar-refractivity contribution in [1.82, 2.24) is 25.1 Å². The highest BCUT2D eigenvalue weighted by Crippen LogP contribution is 2.35. The Balaban J connectivity index is 1.48. The smallest absolute Gasteiger partial charge is 0.223 e. The molecule has 2 aliphatic carbocycles. The van der Waals surface area contributed by atoms with Crippen LogP contribution >= 0.6 is 0 Å². The highest BCUT2D eigenvalue weighted by molar-refractivity contribution is 5.62. The highest BCUT2D eigenvalue weighted by atomic mass is 15.3. The number of aromatic nitrogens is 4. The molecule has 0 aromatic carbocycles. The number of hydrogen-bond acceptors (Lipinski definition) is 5. The number of aryl methyl sites for hydroxylation is 1. The fourth-order valence-electron chi connectivity index (χ4n) is 3.80. The fraction of sp³-hybridized carbons (Fsp3) is 0.632. The first-order chi connectivity index (χ1) is 12.2. The largest absolute Gasteiger partial charge is 0.351 e. The summed E-state index contributed by atoms with van der Waals surface area (Å²) in [5, 5.41) is 11.4. The van der Waals surface area contributed by atoms with Crippen LogP contribution in [0.1, 0.15) is 44.2 Å². The highest BCUT2D eigenvalue weighted by Gasteiger charge is 2.25. The summed E-state index contributed by atoms with van der Waals surface area (Å²) in [6.45, 7) is 0. The molecule has 4 rings (SSSR count). The third-order valence-electron chi connectivity index (χ3n) is 5.64. The minimum Gasteiger partial charge on any atom is -0.351 e. The number of hydrogen-bond donors (Lipinski definition) is 2. The summed E-state index contributed by atoms with van der Waals surface area (Å²) in [5.74, 6) is 1.57. The molecule has 2 aromatic heterocycles. The lowest BCUT2D eigenvalue weighted by molar-refractivity contribution is 0.370. The molecule has 2 fully saturated rings. The van der Waals surface area contributed by atoms with Gasteiger partial charge < -0.3 is 10.6 Å². The van der Waals surface area contributed by atoms with Crippen LogP contribution in [0, 0.1) is 5.92 Å². The van der Waals surface area contributed by atoms with Crippen LogP contribution in [0.5, 0.6) is 0 Å². The van der Waals surface area contributed by atoms with Gasteiger partial charge in [-0.05, 0) is 64.0 Å². The Kier molecular flexibility index (Phi) is 4.70. The zero-order valence-corrected chi connectivity index (χ0v) is 15.2. The van der Waals surface area contributed by atoms with E-state index in [4.69, 9.17) is 4.98 Å². The molecule has 0 unspecified atom stereocenters. The van der Waals surface area contributed by atoms with Gasteiger partial charge in [0, 0.05) is 36.6 Å². The average molecular weight is 340 g/mol. The van der Waals surface area contributed by atoms with E-state index in [2.05, 4.69) is 27.8 Å². The van der Waals surface area contributed by atoms with E-state index in [0.29, 0.717) is 12.1 Å². The number of anilines is 1. The zero-order valence-electron chi connectivity index (χ0n) is 15.2. The van der Waals surface area contributed by atoms with Gasteiger partial charge in [-0.3, -0.25) is 4.68 Å². The Bertz CT molecular complexity index is 712. The number of rotatable bonds is 6. The Labute approximate surface area is 149 Å². The van der Waals surface area contributed by atoms with Gasteiger partial charge in [-0.2, -0.15) is 5.10 Å². The van der Waals surface area contributed by atoms with Gasteiger partial charge in [-0.15, -0.1) is 0 Å². The molecular formula is C19H28N6. The fourth-order valence-corrected chi connectivity index (χ4v) is 3.80. The maximum atomic E-state index is 4.79. The second-order valence-electron chi connectivity index (χ2n) is 7.52. The van der Waals surface area contributed by atoms with E-state index in [1.807, 2.05) is 30.2 Å². The van der Waals surface area contributed by atoms with Crippen molar-refractivity contribution in [1.29, 1.82) is 0 Å². The van der Waals surface area contributed by atoms with Crippen LogP contribution < -0.4 is 10.6 Å². The summed E-state index contributed by atoms with van der Waals surface area (Å²) >= 11 is 0. The van der Waals surface area contributed by atoms with E-state index < -0.39 is 0 Å². The summed E-state index contributed by atoms with van der Waals surface area (Å²) in [7, 11) is 4.08. The molecule has 2 aliphatic rings. The monoisotopic (exact) mass is 340 g/mol. The first kappa shape index (κ1) is 16.5. The Morgan fingerprint density at radius 3 is 2.60 bits per heavy atom. The van der Waals surface area contributed by atoms with Gasteiger partial charge in [0.05, 0.1) is 11.9 Å². The van der Waals surface area contributed by atoms with E-state index in [-0.39, 0.29) is 0 Å². The Morgan fingerprint density at radius 2 is 1.88 bits per heavy atom. The third-order valence-corrected chi connectivity index (χ3v) is 5.64. The second kappa shape index (κ2) is 7.12. The molecule has 0 atom stereocenters. The molecule has 2 aromatic rings. The molecule has 0 amide bonds. The minimum absolute atomic E-state index is 0.472. The molecule has 0 radical (unpaired) electrons. The van der Waals surface area contributed by atoms with Crippen molar-refractivity contribution in [3.05, 3.63) is 24.2 Å². The van der Waals surface area contributed by atoms with Crippen molar-refractivity contribution in [3.63, 3.8) is 0 Å². The summed E-state index contributed by atoms with van der Waals surface area (Å²) in [4.78, 5) is 9.23. The van der Waals surface area contributed by atoms with Gasteiger partial charge in [0.15, 0.2) is 0 Å². The summed E-state index contributed by atoms with van der Waals surface area (Å²) < 4.78 is 2.00. The Hall–Kier alpha value is -1.95. The summed E-state index contributed by atoms with van der Waals surface area (Å²) in [6, 6.07) is 3.13. The zero-order chi connectivity index (χ0) is 17.2. The van der Waals surface area contributed by atoms with Crippen LogP contribution in [0.4, 0.5) is 5.95 Å². The maximum absolute atomic E-state index is 4.79. The first-order valence-electron chi connectivity index (χ1n) is 9.51. The van der Waals surface area contributed by atoms with E-state index in [1.165, 1.54) is 44.2 Å². The molecule has 0 saturated heterocycles. The molecule has 2 N–H and O–H groups in total. The molecule has 2 heterocycles. The van der Waals surface area contributed by atoms with Crippen LogP contribution in [0.2, 0.25) is 0 Å². The van der Waals surface area contributed by atoms with Gasteiger partial charge in [0.25, 0.3) is 0 Å². The van der Waals surface area contributed by atoms with E-state index in [1.54, 1.807) is 0 Å². The maximum Gasteiger partial charge on any atom is 0.223 e. The second-order valence-corrected chi connectivity index (χ2v) is 7.52. The van der Waals surface area contributed by atoms with Crippen LogP contribution in [-0.2, 0) is 13.5 Å². The van der Waals surface area contributed by atoms with E-state index in [9.17, 15) is 0 Å². The molecule has 0 bridgehead atoms. The van der Waals surface area contributed by atoms with Crippen molar-refractivity contribution in [2.75, 3.05) is 12.4 Å². The van der Waals surface area contributed by atoms with Gasteiger partial charge in [0.2, 0.25) is 5.95 Å². The predicted molar refractivity (Wildman–Crippen MR) is 99.4 cm³/mol. The van der Waals surface area contributed by atoms with E-state index >= 15 is 0 Å². The topological polar surface area (TPSA) is 67.7 Å². The predicted octanol–water partition coefficient (Wildman–Crippen LogP) is 2.77. The quantitative estimate of drug-likeness (QED) is 0.846. The number of nitrogens with zero attached hydrogens (tertiary/aromatic N) is 4. The average Bonchev–Trinajstić information content (AvgIpc) is 3.39. The lowest BCUT2D eigenvalue weighted by Gasteiger charge is -2.28. The van der Waals surface area contributed by atoms with Crippen LogP contribution in [0.25, 0.3) is 11.3 Å². The summed E-state index contributed by atoms with van der Waals surface area (Å²) in [5.41, 5.74) is 3.42. The standard InChI is InChI=1S/C19H28N6/c1-20-14-5-7-15(8-6-14)23-19-21-10-9-17(24-19)16-12-22-25(2)18(16)11-13-3-4-13/h9-10,12-15,20H,3-8,11H2,1-2H3,(H,21,23,24). The van der Waals surface area contributed by atoms with Gasteiger partial charge in [-0.1, -0.05) is 0 Å². The molecule has 134 valence electrons. The van der Waals surface area contributed by atoms with Crippen molar-refractivity contribution >= 4 is 5.95 Å². The minimum atomic E-state index is 0.472. The van der Waals surface area contributed by atoms with Gasteiger partial charge >= 0.3 is 0 Å². The van der Waals surface area contributed by atoms with E-state index in [0.717, 1.165) is 29.5 Å². The van der Waals surface area contributed by atoms with Crippen molar-refractivity contribution < 1.29 is 0 Å². The lowest BCUT2D eigenvalue weighted by atomic mass is 9.91. The summed E-state index contributed by atoms with van der Waals surface area (Å²) in [6.07, 6.45) is 12.3. The molecule has 6 nitrogen and oxygen atoms in total. The molecule has 0 aliphatic heterocycles. The lowest BCUT2D eigenvalue weighted by Crippen LogP contribution is -2.35. The number of nitrogens with one attached hydrogen (secondary N) is 2. The normalized spacial score (nSPS) is 23.6. The van der Waals surface area contributed by atoms with Crippen LogP contribution in [0.15, 0.2) is 18.5 Å². The molecule has 25 heavy (non-hydrogen) atoms.